The molecule has 7 nitrogen and oxygen atoms in total. The third-order valence-corrected chi connectivity index (χ3v) is 3.67. The van der Waals surface area contributed by atoms with Crippen molar-refractivity contribution in [3.8, 4) is 17.0 Å². The number of carbonyl (C=O) groups excluding carboxylic acids is 1. The van der Waals surface area contributed by atoms with Crippen LogP contribution in [0.1, 0.15) is 13.8 Å². The van der Waals surface area contributed by atoms with Gasteiger partial charge in [0.2, 0.25) is 11.9 Å². The molecule has 2 heterocycles. The van der Waals surface area contributed by atoms with E-state index in [1.54, 1.807) is 24.3 Å². The molecule has 0 aliphatic heterocycles. The van der Waals surface area contributed by atoms with Crippen molar-refractivity contribution < 1.29 is 9.53 Å². The molecule has 2 N–H and O–H groups in total. The van der Waals surface area contributed by atoms with Gasteiger partial charge in [-0.3, -0.25) is 19.9 Å². The Morgan fingerprint density at radius 3 is 2.76 bits per heavy atom. The van der Waals surface area contributed by atoms with Crippen LogP contribution in [0.4, 0.5) is 5.95 Å². The van der Waals surface area contributed by atoms with Crippen LogP contribution in [0.5, 0.6) is 5.75 Å². The summed E-state index contributed by atoms with van der Waals surface area (Å²) in [4.78, 5) is 34.3. The molecule has 0 bridgehead atoms. The van der Waals surface area contributed by atoms with Gasteiger partial charge in [-0.05, 0) is 37.3 Å². The van der Waals surface area contributed by atoms with Crippen LogP contribution in [0.15, 0.2) is 35.1 Å². The highest BCUT2D eigenvalue weighted by Gasteiger charge is 2.10. The molecule has 0 fully saturated rings. The average Bonchev–Trinajstić information content (AvgIpc) is 2.56. The number of fused-ring (bicyclic) bond motifs is 1. The number of rotatable bonds is 4. The monoisotopic (exact) mass is 358 g/mol. The third kappa shape index (κ3) is 3.61. The Morgan fingerprint density at radius 2 is 2.08 bits per heavy atom. The van der Waals surface area contributed by atoms with E-state index in [2.05, 4.69) is 20.3 Å². The molecule has 0 atom stereocenters. The van der Waals surface area contributed by atoms with Crippen LogP contribution in [-0.2, 0) is 4.79 Å². The number of anilines is 1. The molecule has 25 heavy (non-hydrogen) atoms. The molecule has 3 aromatic rings. The van der Waals surface area contributed by atoms with Gasteiger partial charge >= 0.3 is 0 Å². The Bertz CT molecular complexity index is 1020. The van der Waals surface area contributed by atoms with Gasteiger partial charge in [-0.1, -0.05) is 11.6 Å². The van der Waals surface area contributed by atoms with E-state index in [1.807, 2.05) is 13.0 Å². The van der Waals surface area contributed by atoms with E-state index < -0.39 is 5.56 Å². The lowest BCUT2D eigenvalue weighted by atomic mass is 10.1. The van der Waals surface area contributed by atoms with Crippen molar-refractivity contribution in [2.24, 2.45) is 0 Å². The van der Waals surface area contributed by atoms with Crippen molar-refractivity contribution in [1.29, 1.82) is 0 Å². The van der Waals surface area contributed by atoms with Crippen molar-refractivity contribution >= 4 is 34.5 Å². The van der Waals surface area contributed by atoms with Crippen LogP contribution in [0.25, 0.3) is 22.3 Å². The fraction of sp³-hybridized carbons (Fsp3) is 0.176. The first-order valence-electron chi connectivity index (χ1n) is 7.59. The molecule has 1 amide bonds. The molecule has 0 radical (unpaired) electrons. The zero-order valence-corrected chi connectivity index (χ0v) is 14.3. The van der Waals surface area contributed by atoms with E-state index in [0.29, 0.717) is 28.6 Å². The van der Waals surface area contributed by atoms with Crippen LogP contribution >= 0.6 is 11.6 Å². The molecule has 3 rings (SSSR count). The summed E-state index contributed by atoms with van der Waals surface area (Å²) in [5.41, 5.74) is 1.45. The lowest BCUT2D eigenvalue weighted by Crippen LogP contribution is -2.16. The second kappa shape index (κ2) is 6.90. The van der Waals surface area contributed by atoms with Crippen molar-refractivity contribution in [1.82, 2.24) is 15.0 Å². The molecule has 128 valence electrons. The zero-order chi connectivity index (χ0) is 18.0. The molecule has 8 heteroatoms. The van der Waals surface area contributed by atoms with Crippen LogP contribution in [0.2, 0.25) is 5.02 Å². The molecule has 1 aromatic carbocycles. The van der Waals surface area contributed by atoms with Crippen LogP contribution in [-0.4, -0.2) is 27.5 Å². The van der Waals surface area contributed by atoms with Crippen molar-refractivity contribution in [3.05, 3.63) is 45.7 Å². The first-order valence-corrected chi connectivity index (χ1v) is 7.97. The summed E-state index contributed by atoms with van der Waals surface area (Å²) in [6, 6.07) is 8.71. The Labute approximate surface area is 148 Å². The smallest absolute Gasteiger partial charge is 0.278 e. The molecule has 0 aliphatic carbocycles. The SMILES string of the molecule is CCOc1ccc(-c2ccc3nc(NC(C)=O)[nH]c(=O)c3n2)cc1Cl. The molecule has 2 aromatic heterocycles. The lowest BCUT2D eigenvalue weighted by Gasteiger charge is -2.08. The standard InChI is InChI=1S/C17H15ClN4O3/c1-3-25-14-7-4-10(8-11(14)18)12-5-6-13-15(20-12)16(24)22-17(21-13)19-9(2)23/h4-8H,3H2,1-2H3,(H2,19,21,22,23,24). The number of carbonyl (C=O) groups is 1. The minimum Gasteiger partial charge on any atom is -0.492 e. The van der Waals surface area contributed by atoms with Crippen molar-refractivity contribution in [2.75, 3.05) is 11.9 Å². The van der Waals surface area contributed by atoms with Gasteiger partial charge in [0.15, 0.2) is 5.52 Å². The zero-order valence-electron chi connectivity index (χ0n) is 13.6. The van der Waals surface area contributed by atoms with Gasteiger partial charge in [-0.25, -0.2) is 9.97 Å². The van der Waals surface area contributed by atoms with E-state index in [9.17, 15) is 9.59 Å². The highest BCUT2D eigenvalue weighted by Crippen LogP contribution is 2.30. The number of aromatic nitrogens is 3. The summed E-state index contributed by atoms with van der Waals surface area (Å²) >= 11 is 6.20. The molecular formula is C17H15ClN4O3. The van der Waals surface area contributed by atoms with Gasteiger partial charge in [0.25, 0.3) is 5.56 Å². The van der Waals surface area contributed by atoms with Gasteiger partial charge in [-0.15, -0.1) is 0 Å². The summed E-state index contributed by atoms with van der Waals surface area (Å²) in [5, 5.41) is 2.91. The fourth-order valence-electron chi connectivity index (χ4n) is 2.34. The highest BCUT2D eigenvalue weighted by molar-refractivity contribution is 6.32. The van der Waals surface area contributed by atoms with E-state index in [4.69, 9.17) is 16.3 Å². The first-order chi connectivity index (χ1) is 12.0. The van der Waals surface area contributed by atoms with Crippen molar-refractivity contribution in [2.45, 2.75) is 13.8 Å². The number of nitrogens with zero attached hydrogens (tertiary/aromatic N) is 2. The molecule has 0 spiro atoms. The minimum absolute atomic E-state index is 0.0867. The molecular weight excluding hydrogens is 344 g/mol. The number of nitrogens with one attached hydrogen (secondary N) is 2. The number of aromatic amines is 1. The van der Waals surface area contributed by atoms with Gasteiger partial charge in [-0.2, -0.15) is 0 Å². The Hall–Kier alpha value is -2.93. The van der Waals surface area contributed by atoms with E-state index in [0.717, 1.165) is 5.56 Å². The predicted molar refractivity (Wildman–Crippen MR) is 96.1 cm³/mol. The normalized spacial score (nSPS) is 10.7. The fourth-order valence-corrected chi connectivity index (χ4v) is 2.58. The number of halogens is 1. The molecule has 0 aliphatic rings. The van der Waals surface area contributed by atoms with E-state index in [1.165, 1.54) is 6.92 Å². The second-order valence-corrected chi connectivity index (χ2v) is 5.65. The number of hydrogen-bond acceptors (Lipinski definition) is 5. The largest absolute Gasteiger partial charge is 0.492 e. The maximum Gasteiger partial charge on any atom is 0.278 e. The number of hydrogen-bond donors (Lipinski definition) is 2. The summed E-state index contributed by atoms with van der Waals surface area (Å²) in [5.74, 6) is 0.355. The summed E-state index contributed by atoms with van der Waals surface area (Å²) in [7, 11) is 0. The molecule has 0 saturated carbocycles. The summed E-state index contributed by atoms with van der Waals surface area (Å²) in [6.07, 6.45) is 0. The number of H-pyrrole nitrogens is 1. The average molecular weight is 359 g/mol. The van der Waals surface area contributed by atoms with Gasteiger partial charge in [0, 0.05) is 12.5 Å². The van der Waals surface area contributed by atoms with Crippen LogP contribution < -0.4 is 15.6 Å². The Balaban J connectivity index is 2.04. The van der Waals surface area contributed by atoms with Crippen LogP contribution in [0.3, 0.4) is 0 Å². The second-order valence-electron chi connectivity index (χ2n) is 5.24. The summed E-state index contributed by atoms with van der Waals surface area (Å²) < 4.78 is 5.41. The Kier molecular flexibility index (Phi) is 4.67. The number of amides is 1. The van der Waals surface area contributed by atoms with Crippen molar-refractivity contribution in [3.63, 3.8) is 0 Å². The van der Waals surface area contributed by atoms with E-state index >= 15 is 0 Å². The van der Waals surface area contributed by atoms with Gasteiger partial charge in [0.05, 0.1) is 22.8 Å². The summed E-state index contributed by atoms with van der Waals surface area (Å²) in [6.45, 7) is 3.73. The van der Waals surface area contributed by atoms with Gasteiger partial charge < -0.3 is 4.74 Å². The number of benzene rings is 1. The quantitative estimate of drug-likeness (QED) is 0.747. The predicted octanol–water partition coefficient (Wildman–Crippen LogP) is 3.00. The first kappa shape index (κ1) is 16.9. The Morgan fingerprint density at radius 1 is 1.28 bits per heavy atom. The lowest BCUT2D eigenvalue weighted by molar-refractivity contribution is -0.114. The van der Waals surface area contributed by atoms with Crippen LogP contribution in [0, 0.1) is 0 Å². The third-order valence-electron chi connectivity index (χ3n) is 3.38. The van der Waals surface area contributed by atoms with E-state index in [-0.39, 0.29) is 17.4 Å². The molecule has 0 unspecified atom stereocenters. The van der Waals surface area contributed by atoms with Gasteiger partial charge in [0.1, 0.15) is 5.75 Å². The minimum atomic E-state index is -0.437. The number of ether oxygens (including phenoxy) is 1. The molecule has 0 saturated heterocycles. The maximum atomic E-state index is 12.2. The maximum absolute atomic E-state index is 12.2. The highest BCUT2D eigenvalue weighted by atomic mass is 35.5. The number of pyridine rings is 1. The topological polar surface area (TPSA) is 97.0 Å².